The number of halogens is 5. The van der Waals surface area contributed by atoms with Crippen molar-refractivity contribution in [3.63, 3.8) is 0 Å². The Morgan fingerprint density at radius 2 is 1.70 bits per heavy atom. The topological polar surface area (TPSA) is 105 Å². The SMILES string of the molecule is O=C(Nc1ccc(-c2cc(C3CCCC3)n(C(=O)NCc3ccc(Cl)c(Cl)c3)n2)c(O)c1)c1ccc(OC(F)(F)F)cc1. The van der Waals surface area contributed by atoms with Gasteiger partial charge in [-0.1, -0.05) is 42.1 Å². The molecule has 0 radical (unpaired) electrons. The zero-order chi connectivity index (χ0) is 30.7. The van der Waals surface area contributed by atoms with Crippen molar-refractivity contribution >= 4 is 40.8 Å². The van der Waals surface area contributed by atoms with Crippen LogP contribution in [0.2, 0.25) is 10.0 Å². The number of amides is 2. The minimum Gasteiger partial charge on any atom is -0.507 e. The van der Waals surface area contributed by atoms with Gasteiger partial charge in [-0.15, -0.1) is 13.2 Å². The molecule has 0 bridgehead atoms. The molecule has 2 amide bonds. The van der Waals surface area contributed by atoms with Gasteiger partial charge in [0.2, 0.25) is 0 Å². The van der Waals surface area contributed by atoms with Gasteiger partial charge in [0.15, 0.2) is 0 Å². The third kappa shape index (κ3) is 7.41. The lowest BCUT2D eigenvalue weighted by Gasteiger charge is -2.12. The van der Waals surface area contributed by atoms with Crippen molar-refractivity contribution in [2.24, 2.45) is 0 Å². The number of aromatic nitrogens is 2. The summed E-state index contributed by atoms with van der Waals surface area (Å²) in [7, 11) is 0. The van der Waals surface area contributed by atoms with Crippen LogP contribution < -0.4 is 15.4 Å². The monoisotopic (exact) mass is 632 g/mol. The maximum absolute atomic E-state index is 13.2. The van der Waals surface area contributed by atoms with Crippen molar-refractivity contribution in [2.45, 2.75) is 44.5 Å². The minimum atomic E-state index is -4.84. The molecule has 0 atom stereocenters. The number of carbonyl (C=O) groups excluding carboxylic acids is 2. The van der Waals surface area contributed by atoms with E-state index < -0.39 is 24.1 Å². The van der Waals surface area contributed by atoms with Crippen molar-refractivity contribution in [1.29, 1.82) is 0 Å². The molecule has 1 aliphatic carbocycles. The first-order valence-corrected chi connectivity index (χ1v) is 14.0. The molecule has 224 valence electrons. The Bertz CT molecular complexity index is 1650. The molecule has 0 aliphatic heterocycles. The molecule has 13 heteroatoms. The molecule has 4 aromatic rings. The molecule has 1 saturated carbocycles. The number of aromatic hydroxyl groups is 1. The Morgan fingerprint density at radius 3 is 2.35 bits per heavy atom. The lowest BCUT2D eigenvalue weighted by Crippen LogP contribution is -2.30. The van der Waals surface area contributed by atoms with Gasteiger partial charge >= 0.3 is 12.4 Å². The van der Waals surface area contributed by atoms with E-state index in [4.69, 9.17) is 23.2 Å². The fourth-order valence-corrected chi connectivity index (χ4v) is 5.26. The molecule has 0 spiro atoms. The van der Waals surface area contributed by atoms with Crippen molar-refractivity contribution in [3.8, 4) is 22.8 Å². The summed E-state index contributed by atoms with van der Waals surface area (Å²) >= 11 is 12.1. The maximum Gasteiger partial charge on any atom is 0.573 e. The van der Waals surface area contributed by atoms with Crippen LogP contribution >= 0.6 is 23.2 Å². The molecule has 43 heavy (non-hydrogen) atoms. The molecular weight excluding hydrogens is 608 g/mol. The second-order valence-corrected chi connectivity index (χ2v) is 10.8. The summed E-state index contributed by atoms with van der Waals surface area (Å²) in [6, 6.07) is 15.3. The predicted molar refractivity (Wildman–Crippen MR) is 156 cm³/mol. The summed E-state index contributed by atoms with van der Waals surface area (Å²) in [4.78, 5) is 25.8. The first-order chi connectivity index (χ1) is 20.5. The van der Waals surface area contributed by atoms with Crippen molar-refractivity contribution in [3.05, 3.63) is 93.6 Å². The fraction of sp³-hybridized carbons (Fsp3) is 0.233. The number of hydrogen-bond donors (Lipinski definition) is 3. The van der Waals surface area contributed by atoms with Crippen LogP contribution in [0.3, 0.4) is 0 Å². The van der Waals surface area contributed by atoms with Crippen LogP contribution in [-0.4, -0.2) is 33.2 Å². The van der Waals surface area contributed by atoms with Crippen LogP contribution in [0, 0.1) is 0 Å². The third-order valence-electron chi connectivity index (χ3n) is 7.01. The summed E-state index contributed by atoms with van der Waals surface area (Å²) in [6.45, 7) is 0.201. The van der Waals surface area contributed by atoms with Gasteiger partial charge in [-0.2, -0.15) is 9.78 Å². The zero-order valence-corrected chi connectivity index (χ0v) is 23.9. The highest BCUT2D eigenvalue weighted by atomic mass is 35.5. The first kappa shape index (κ1) is 30.2. The third-order valence-corrected chi connectivity index (χ3v) is 7.75. The number of nitrogens with one attached hydrogen (secondary N) is 2. The normalized spacial score (nSPS) is 13.6. The average Bonchev–Trinajstić information content (AvgIpc) is 3.64. The van der Waals surface area contributed by atoms with E-state index in [-0.39, 0.29) is 29.5 Å². The van der Waals surface area contributed by atoms with Crippen molar-refractivity contribution < 1.29 is 32.6 Å². The van der Waals surface area contributed by atoms with Gasteiger partial charge in [-0.05, 0) is 73.0 Å². The highest BCUT2D eigenvalue weighted by molar-refractivity contribution is 6.42. The molecule has 1 fully saturated rings. The van der Waals surface area contributed by atoms with Crippen LogP contribution in [0.5, 0.6) is 11.5 Å². The number of alkyl halides is 3. The molecule has 3 aromatic carbocycles. The number of hydrogen-bond acceptors (Lipinski definition) is 5. The Labute approximate surface area is 254 Å². The smallest absolute Gasteiger partial charge is 0.507 e. The van der Waals surface area contributed by atoms with Gasteiger partial charge in [-0.3, -0.25) is 4.79 Å². The Morgan fingerprint density at radius 1 is 0.977 bits per heavy atom. The summed E-state index contributed by atoms with van der Waals surface area (Å²) < 4.78 is 42.3. The van der Waals surface area contributed by atoms with Crippen molar-refractivity contribution in [2.75, 3.05) is 5.32 Å². The molecule has 3 N–H and O–H groups in total. The van der Waals surface area contributed by atoms with E-state index in [1.807, 2.05) is 0 Å². The number of rotatable bonds is 7. The summed E-state index contributed by atoms with van der Waals surface area (Å²) in [6.07, 6.45) is -0.953. The quantitative estimate of drug-likeness (QED) is 0.191. The molecule has 0 unspecified atom stereocenters. The Hall–Kier alpha value is -4.22. The van der Waals surface area contributed by atoms with Gasteiger partial charge in [0, 0.05) is 35.3 Å². The number of carbonyl (C=O) groups is 2. The number of anilines is 1. The van der Waals surface area contributed by atoms with E-state index in [1.54, 1.807) is 36.4 Å². The molecular formula is C30H25Cl2F3N4O4. The van der Waals surface area contributed by atoms with E-state index in [9.17, 15) is 27.9 Å². The molecule has 1 heterocycles. The van der Waals surface area contributed by atoms with Crippen molar-refractivity contribution in [1.82, 2.24) is 15.1 Å². The van der Waals surface area contributed by atoms with Crippen LogP contribution in [-0.2, 0) is 6.54 Å². The van der Waals surface area contributed by atoms with E-state index in [0.29, 0.717) is 21.3 Å². The fourth-order valence-electron chi connectivity index (χ4n) is 4.94. The number of benzene rings is 3. The zero-order valence-electron chi connectivity index (χ0n) is 22.4. The Kier molecular flexibility index (Phi) is 8.84. The highest BCUT2D eigenvalue weighted by Crippen LogP contribution is 2.38. The molecule has 1 aliphatic rings. The lowest BCUT2D eigenvalue weighted by molar-refractivity contribution is -0.274. The number of phenols is 1. The summed E-state index contributed by atoms with van der Waals surface area (Å²) in [5, 5.41) is 21.6. The summed E-state index contributed by atoms with van der Waals surface area (Å²) in [5.74, 6) is -1.11. The number of nitrogens with zero attached hydrogens (tertiary/aromatic N) is 2. The van der Waals surface area contributed by atoms with E-state index >= 15 is 0 Å². The van der Waals surface area contributed by atoms with Gasteiger partial charge in [0.25, 0.3) is 5.91 Å². The number of ether oxygens (including phenoxy) is 1. The largest absolute Gasteiger partial charge is 0.573 e. The van der Waals surface area contributed by atoms with Gasteiger partial charge < -0.3 is 20.5 Å². The number of phenolic OH excluding ortho intramolecular Hbond substituents is 1. The minimum absolute atomic E-state index is 0.0879. The second kappa shape index (κ2) is 12.6. The van der Waals surface area contributed by atoms with E-state index in [1.165, 1.54) is 22.9 Å². The van der Waals surface area contributed by atoms with Gasteiger partial charge in [0.05, 0.1) is 21.4 Å². The highest BCUT2D eigenvalue weighted by Gasteiger charge is 2.31. The van der Waals surface area contributed by atoms with Crippen LogP contribution in [0.25, 0.3) is 11.3 Å². The van der Waals surface area contributed by atoms with Gasteiger partial charge in [0.1, 0.15) is 11.5 Å². The van der Waals surface area contributed by atoms with Crippen LogP contribution in [0.15, 0.2) is 66.7 Å². The van der Waals surface area contributed by atoms with E-state index in [0.717, 1.165) is 49.1 Å². The van der Waals surface area contributed by atoms with E-state index in [2.05, 4.69) is 20.5 Å². The standard InChI is InChI=1S/C30H25Cl2F3N4O4/c31-23-12-5-17(13-24(23)32)16-36-29(42)39-26(18-3-1-2-4-18)15-25(38-39)22-11-8-20(14-27(22)40)37-28(41)19-6-9-21(10-7-19)43-30(33,34)35/h5-15,18,40H,1-4,16H2,(H,36,42)(H,37,41). The second-order valence-electron chi connectivity index (χ2n) is 10.0. The predicted octanol–water partition coefficient (Wildman–Crippen LogP) is 8.13. The van der Waals surface area contributed by atoms with Crippen LogP contribution in [0.4, 0.5) is 23.7 Å². The van der Waals surface area contributed by atoms with Crippen LogP contribution in [0.1, 0.15) is 53.2 Å². The first-order valence-electron chi connectivity index (χ1n) is 13.3. The maximum atomic E-state index is 13.2. The molecule has 8 nitrogen and oxygen atoms in total. The average molecular weight is 633 g/mol. The molecule has 0 saturated heterocycles. The van der Waals surface area contributed by atoms with Gasteiger partial charge in [-0.25, -0.2) is 4.79 Å². The molecule has 5 rings (SSSR count). The molecule has 1 aromatic heterocycles. The lowest BCUT2D eigenvalue weighted by atomic mass is 10.0. The summed E-state index contributed by atoms with van der Waals surface area (Å²) in [5.41, 5.74) is 2.55. The Balaban J connectivity index is 1.32.